The molecular weight excluding hydrogens is 334 g/mol. The van der Waals surface area contributed by atoms with Gasteiger partial charge in [0.25, 0.3) is 0 Å². The Balaban J connectivity index is 2.96. The maximum Gasteiger partial charge on any atom is 0.303 e. The van der Waals surface area contributed by atoms with E-state index in [0.717, 1.165) is 16.5 Å². The minimum atomic E-state index is -0.767. The fraction of sp³-hybridized carbons (Fsp3) is 0.562. The molecule has 0 aliphatic carbocycles. The summed E-state index contributed by atoms with van der Waals surface area (Å²) in [4.78, 5) is 12.9. The molecule has 118 valence electrons. The van der Waals surface area contributed by atoms with Crippen molar-refractivity contribution in [3.05, 3.63) is 28.2 Å². The summed E-state index contributed by atoms with van der Waals surface area (Å²) in [6.07, 6.45) is 1.64. The van der Waals surface area contributed by atoms with Crippen LogP contribution in [0.15, 0.2) is 22.7 Å². The van der Waals surface area contributed by atoms with Crippen molar-refractivity contribution >= 4 is 21.9 Å². The highest BCUT2D eigenvalue weighted by Crippen LogP contribution is 2.34. The molecule has 5 heteroatoms. The van der Waals surface area contributed by atoms with Crippen LogP contribution in [-0.2, 0) is 4.79 Å². The van der Waals surface area contributed by atoms with Crippen LogP contribution in [0.3, 0.4) is 0 Å². The van der Waals surface area contributed by atoms with Crippen molar-refractivity contribution in [1.29, 1.82) is 0 Å². The minimum Gasteiger partial charge on any atom is -0.508 e. The first-order valence-corrected chi connectivity index (χ1v) is 8.12. The van der Waals surface area contributed by atoms with Gasteiger partial charge in [-0.05, 0) is 51.4 Å². The molecule has 0 amide bonds. The summed E-state index contributed by atoms with van der Waals surface area (Å²) in [5.41, 5.74) is 0.885. The van der Waals surface area contributed by atoms with Crippen molar-refractivity contribution < 1.29 is 15.0 Å². The largest absolute Gasteiger partial charge is 0.508 e. The van der Waals surface area contributed by atoms with E-state index in [0.29, 0.717) is 13.0 Å². The molecule has 0 aliphatic heterocycles. The van der Waals surface area contributed by atoms with Crippen molar-refractivity contribution in [1.82, 2.24) is 4.90 Å². The van der Waals surface area contributed by atoms with E-state index in [9.17, 15) is 9.90 Å². The number of halogens is 1. The van der Waals surface area contributed by atoms with E-state index in [4.69, 9.17) is 5.11 Å². The van der Waals surface area contributed by atoms with Gasteiger partial charge in [-0.3, -0.25) is 9.69 Å². The number of hydrogen-bond acceptors (Lipinski definition) is 3. The molecule has 2 N–H and O–H groups in total. The molecule has 1 atom stereocenters. The molecule has 4 nitrogen and oxygen atoms in total. The van der Waals surface area contributed by atoms with Crippen molar-refractivity contribution in [2.75, 3.05) is 6.54 Å². The van der Waals surface area contributed by atoms with Crippen LogP contribution in [0.1, 0.15) is 51.6 Å². The molecule has 0 fully saturated rings. The average Bonchev–Trinajstić information content (AvgIpc) is 2.40. The topological polar surface area (TPSA) is 60.8 Å². The van der Waals surface area contributed by atoms with Gasteiger partial charge in [0.1, 0.15) is 5.75 Å². The van der Waals surface area contributed by atoms with Crippen molar-refractivity contribution in [2.45, 2.75) is 52.1 Å². The Kier molecular flexibility index (Phi) is 7.18. The number of aromatic hydroxyl groups is 1. The number of rotatable bonds is 8. The quantitative estimate of drug-likeness (QED) is 0.732. The van der Waals surface area contributed by atoms with Gasteiger partial charge in [0.15, 0.2) is 0 Å². The van der Waals surface area contributed by atoms with Crippen LogP contribution in [0, 0.1) is 0 Å². The number of aliphatic carboxylic acids is 1. The summed E-state index contributed by atoms with van der Waals surface area (Å²) < 4.78 is 0.933. The number of carbonyl (C=O) groups is 1. The highest BCUT2D eigenvalue weighted by molar-refractivity contribution is 9.10. The van der Waals surface area contributed by atoms with E-state index >= 15 is 0 Å². The van der Waals surface area contributed by atoms with Crippen LogP contribution in [-0.4, -0.2) is 33.7 Å². The van der Waals surface area contributed by atoms with Gasteiger partial charge in [-0.25, -0.2) is 0 Å². The molecule has 0 aliphatic rings. The van der Waals surface area contributed by atoms with E-state index in [1.54, 1.807) is 6.07 Å². The molecule has 21 heavy (non-hydrogen) atoms. The summed E-state index contributed by atoms with van der Waals surface area (Å²) in [5, 5.41) is 18.9. The van der Waals surface area contributed by atoms with Crippen molar-refractivity contribution in [3.8, 4) is 5.75 Å². The zero-order valence-electron chi connectivity index (χ0n) is 12.8. The summed E-state index contributed by atoms with van der Waals surface area (Å²) >= 11 is 3.44. The smallest absolute Gasteiger partial charge is 0.303 e. The lowest BCUT2D eigenvalue weighted by atomic mass is 9.99. The number of carboxylic acid groups (broad SMARTS) is 1. The van der Waals surface area contributed by atoms with Crippen LogP contribution in [0.25, 0.3) is 0 Å². The predicted octanol–water partition coefficient (Wildman–Crippen LogP) is 4.18. The van der Waals surface area contributed by atoms with Gasteiger partial charge < -0.3 is 10.2 Å². The lowest BCUT2D eigenvalue weighted by Gasteiger charge is -2.35. The molecule has 0 spiro atoms. The molecular formula is C16H24BrNO3. The zero-order valence-corrected chi connectivity index (χ0v) is 14.4. The van der Waals surface area contributed by atoms with Gasteiger partial charge in [-0.1, -0.05) is 22.9 Å². The lowest BCUT2D eigenvalue weighted by Crippen LogP contribution is -2.35. The standard InChI is InChI=1S/C16H24BrNO3/c1-4-14(13-10-12(17)7-8-15(13)19)18(11(2)3)9-5-6-16(20)21/h7-8,10-11,14,19H,4-6,9H2,1-3H3,(H,20,21). The van der Waals surface area contributed by atoms with E-state index < -0.39 is 5.97 Å². The second-order valence-corrected chi connectivity index (χ2v) is 6.37. The molecule has 1 unspecified atom stereocenters. The van der Waals surface area contributed by atoms with Crippen molar-refractivity contribution in [3.63, 3.8) is 0 Å². The Morgan fingerprint density at radius 1 is 1.38 bits per heavy atom. The fourth-order valence-corrected chi connectivity index (χ4v) is 2.99. The third-order valence-electron chi connectivity index (χ3n) is 3.61. The normalized spacial score (nSPS) is 12.9. The molecule has 0 radical (unpaired) electrons. The highest BCUT2D eigenvalue weighted by atomic mass is 79.9. The molecule has 0 bridgehead atoms. The Morgan fingerprint density at radius 3 is 2.57 bits per heavy atom. The Labute approximate surface area is 134 Å². The Bertz CT molecular complexity index is 477. The van der Waals surface area contributed by atoms with Crippen LogP contribution in [0.5, 0.6) is 5.75 Å². The zero-order chi connectivity index (χ0) is 16.0. The maximum absolute atomic E-state index is 10.7. The third-order valence-corrected chi connectivity index (χ3v) is 4.10. The predicted molar refractivity (Wildman–Crippen MR) is 87.6 cm³/mol. The third kappa shape index (κ3) is 5.32. The summed E-state index contributed by atoms with van der Waals surface area (Å²) in [7, 11) is 0. The van der Waals surface area contributed by atoms with E-state index in [2.05, 4.69) is 41.6 Å². The molecule has 0 saturated heterocycles. The molecule has 0 heterocycles. The van der Waals surface area contributed by atoms with Crippen LogP contribution >= 0.6 is 15.9 Å². The summed E-state index contributed by atoms with van der Waals surface area (Å²) in [5.74, 6) is -0.481. The second kappa shape index (κ2) is 8.39. The lowest BCUT2D eigenvalue weighted by molar-refractivity contribution is -0.137. The number of hydrogen-bond donors (Lipinski definition) is 2. The first kappa shape index (κ1) is 18.0. The first-order chi connectivity index (χ1) is 9.86. The fourth-order valence-electron chi connectivity index (χ4n) is 2.61. The molecule has 1 aromatic rings. The number of phenols is 1. The van der Waals surface area contributed by atoms with E-state index in [1.807, 2.05) is 12.1 Å². The van der Waals surface area contributed by atoms with Gasteiger partial charge in [0.2, 0.25) is 0 Å². The summed E-state index contributed by atoms with van der Waals surface area (Å²) in [6.45, 7) is 6.98. The molecule has 0 aromatic heterocycles. The molecule has 1 aromatic carbocycles. The molecule has 1 rings (SSSR count). The number of nitrogens with zero attached hydrogens (tertiary/aromatic N) is 1. The minimum absolute atomic E-state index is 0.0799. The van der Waals surface area contributed by atoms with Crippen molar-refractivity contribution in [2.24, 2.45) is 0 Å². The summed E-state index contributed by atoms with van der Waals surface area (Å²) in [6, 6.07) is 5.81. The van der Waals surface area contributed by atoms with Gasteiger partial charge in [0, 0.05) is 28.5 Å². The SMILES string of the molecule is CCC(c1cc(Br)ccc1O)N(CCCC(=O)O)C(C)C. The molecule has 0 saturated carbocycles. The maximum atomic E-state index is 10.7. The first-order valence-electron chi connectivity index (χ1n) is 7.32. The second-order valence-electron chi connectivity index (χ2n) is 5.46. The number of carboxylic acids is 1. The highest BCUT2D eigenvalue weighted by Gasteiger charge is 2.23. The van der Waals surface area contributed by atoms with Gasteiger partial charge >= 0.3 is 5.97 Å². The number of benzene rings is 1. The van der Waals surface area contributed by atoms with Gasteiger partial charge in [0.05, 0.1) is 0 Å². The van der Waals surface area contributed by atoms with E-state index in [1.165, 1.54) is 0 Å². The van der Waals surface area contributed by atoms with Crippen LogP contribution < -0.4 is 0 Å². The van der Waals surface area contributed by atoms with Gasteiger partial charge in [-0.15, -0.1) is 0 Å². The van der Waals surface area contributed by atoms with E-state index in [-0.39, 0.29) is 24.3 Å². The Hall–Kier alpha value is -1.07. The van der Waals surface area contributed by atoms with Crippen LogP contribution in [0.2, 0.25) is 0 Å². The monoisotopic (exact) mass is 357 g/mol. The van der Waals surface area contributed by atoms with Crippen LogP contribution in [0.4, 0.5) is 0 Å². The number of phenolic OH excluding ortho intramolecular Hbond substituents is 1. The average molecular weight is 358 g/mol. The Morgan fingerprint density at radius 2 is 2.05 bits per heavy atom. The van der Waals surface area contributed by atoms with Gasteiger partial charge in [-0.2, -0.15) is 0 Å².